The molecule has 0 spiro atoms. The highest BCUT2D eigenvalue weighted by atomic mass is 35.5. The summed E-state index contributed by atoms with van der Waals surface area (Å²) in [5, 5.41) is 4.50. The van der Waals surface area contributed by atoms with E-state index in [1.165, 1.54) is 4.90 Å². The van der Waals surface area contributed by atoms with Crippen LogP contribution in [-0.2, 0) is 14.3 Å². The summed E-state index contributed by atoms with van der Waals surface area (Å²) in [7, 11) is 1.69. The number of carbonyl (C=O) groups is 2. The number of likely N-dealkylation sites (tertiary alicyclic amines) is 1. The molecule has 0 aromatic heterocycles. The molecule has 2 unspecified atom stereocenters. The lowest BCUT2D eigenvalue weighted by atomic mass is 9.98. The van der Waals surface area contributed by atoms with Crippen molar-refractivity contribution >= 4 is 63.8 Å². The molecule has 0 bridgehead atoms. The van der Waals surface area contributed by atoms with Gasteiger partial charge >= 0.3 is 5.97 Å². The van der Waals surface area contributed by atoms with Crippen LogP contribution in [-0.4, -0.2) is 60.5 Å². The number of esters is 1. The number of nitrogens with one attached hydrogen (secondary N) is 1. The third-order valence-corrected chi connectivity index (χ3v) is 7.06. The Hall–Kier alpha value is -2.68. The molecule has 2 aliphatic rings. The van der Waals surface area contributed by atoms with Crippen LogP contribution in [0.3, 0.4) is 0 Å². The normalized spacial score (nSPS) is 20.0. The zero-order valence-corrected chi connectivity index (χ0v) is 21.8. The van der Waals surface area contributed by atoms with Crippen molar-refractivity contribution in [2.45, 2.75) is 25.9 Å². The van der Waals surface area contributed by atoms with E-state index in [4.69, 9.17) is 45.1 Å². The minimum absolute atomic E-state index is 0.225. The van der Waals surface area contributed by atoms with Gasteiger partial charge in [-0.15, -0.1) is 0 Å². The molecule has 2 aromatic carbocycles. The van der Waals surface area contributed by atoms with E-state index in [-0.39, 0.29) is 17.8 Å². The van der Waals surface area contributed by atoms with Crippen LogP contribution in [0.15, 0.2) is 47.5 Å². The molecule has 184 valence electrons. The van der Waals surface area contributed by atoms with Gasteiger partial charge in [0.05, 0.1) is 23.9 Å². The minimum Gasteiger partial charge on any atom is -0.466 e. The van der Waals surface area contributed by atoms with Crippen molar-refractivity contribution in [2.75, 3.05) is 31.6 Å². The molecule has 2 aliphatic heterocycles. The Kier molecular flexibility index (Phi) is 7.94. The molecule has 1 amide bonds. The van der Waals surface area contributed by atoms with E-state index in [1.54, 1.807) is 38.2 Å². The van der Waals surface area contributed by atoms with Crippen molar-refractivity contribution in [1.29, 1.82) is 0 Å². The summed E-state index contributed by atoms with van der Waals surface area (Å²) >= 11 is 18.5. The number of carbonyl (C=O) groups excluding carboxylic acids is 2. The summed E-state index contributed by atoms with van der Waals surface area (Å²) in [4.78, 5) is 34.0. The van der Waals surface area contributed by atoms with E-state index in [0.717, 1.165) is 12.8 Å². The number of aliphatic imine (C=N–C) groups is 1. The summed E-state index contributed by atoms with van der Waals surface area (Å²) in [6, 6.07) is 12.6. The number of piperidine rings is 1. The van der Waals surface area contributed by atoms with Crippen molar-refractivity contribution < 1.29 is 14.3 Å². The second-order valence-electron chi connectivity index (χ2n) is 8.41. The van der Waals surface area contributed by atoms with Gasteiger partial charge in [-0.2, -0.15) is 0 Å². The van der Waals surface area contributed by atoms with E-state index < -0.39 is 6.17 Å². The lowest BCUT2D eigenvalue weighted by Crippen LogP contribution is -2.53. The van der Waals surface area contributed by atoms with Gasteiger partial charge in [0.1, 0.15) is 0 Å². The predicted octanol–water partition coefficient (Wildman–Crippen LogP) is 4.28. The minimum atomic E-state index is -0.993. The second-order valence-corrected chi connectivity index (χ2v) is 9.64. The van der Waals surface area contributed by atoms with Gasteiger partial charge in [-0.25, -0.2) is 4.99 Å². The van der Waals surface area contributed by atoms with Crippen LogP contribution in [0.25, 0.3) is 0 Å². The number of likely N-dealkylation sites (N-methyl/N-ethyl adjacent to an activating group) is 1. The summed E-state index contributed by atoms with van der Waals surface area (Å²) < 4.78 is 5.19. The molecule has 1 fully saturated rings. The monoisotopic (exact) mass is 532 g/mol. The summed E-state index contributed by atoms with van der Waals surface area (Å²) in [6.45, 7) is 3.23. The largest absolute Gasteiger partial charge is 0.466 e. The summed E-state index contributed by atoms with van der Waals surface area (Å²) in [5.41, 5.74) is 2.57. The molecule has 1 N–H and O–H groups in total. The fourth-order valence-electron chi connectivity index (χ4n) is 4.33. The zero-order valence-electron chi connectivity index (χ0n) is 19.5. The number of ether oxygens (including phenoxy) is 1. The van der Waals surface area contributed by atoms with E-state index >= 15 is 0 Å². The Morgan fingerprint density at radius 2 is 2.00 bits per heavy atom. The van der Waals surface area contributed by atoms with Crippen LogP contribution < -0.4 is 10.2 Å². The first kappa shape index (κ1) is 25.4. The molecule has 0 saturated carbocycles. The number of nitrogens with zero attached hydrogens (tertiary/aromatic N) is 3. The van der Waals surface area contributed by atoms with Crippen LogP contribution in [0.2, 0.25) is 10.0 Å². The van der Waals surface area contributed by atoms with Crippen LogP contribution in [0.1, 0.15) is 30.9 Å². The molecule has 35 heavy (non-hydrogen) atoms. The standard InChI is InChI=1S/C25H26Cl2N4O3S/c1-3-34-24(33)15-7-6-12-31(14-15)25(35)29-22-23(32)30(2)20-11-10-16(26)13-18(20)21(28-22)17-8-4-5-9-19(17)27/h4-5,8-11,13,15,22H,3,6-7,12,14H2,1-2H3,(H,29,35). The summed E-state index contributed by atoms with van der Waals surface area (Å²) in [6.07, 6.45) is 0.545. The number of halogens is 2. The Bertz CT molecular complexity index is 1190. The Balaban J connectivity index is 1.67. The number of benzodiazepines with no additional fused rings is 1. The molecule has 10 heteroatoms. The SMILES string of the molecule is CCOC(=O)C1CCCN(C(=S)NC2N=C(c3ccccc3Cl)c3cc(Cl)ccc3N(C)C2=O)C1. The smallest absolute Gasteiger partial charge is 0.310 e. The lowest BCUT2D eigenvalue weighted by molar-refractivity contribution is -0.149. The van der Waals surface area contributed by atoms with Crippen molar-refractivity contribution in [2.24, 2.45) is 10.9 Å². The highest BCUT2D eigenvalue weighted by molar-refractivity contribution is 7.80. The Morgan fingerprint density at radius 1 is 1.23 bits per heavy atom. The van der Waals surface area contributed by atoms with Gasteiger partial charge in [0, 0.05) is 41.3 Å². The van der Waals surface area contributed by atoms with Crippen molar-refractivity contribution in [3.05, 3.63) is 63.6 Å². The highest BCUT2D eigenvalue weighted by Crippen LogP contribution is 2.32. The molecule has 1 saturated heterocycles. The maximum Gasteiger partial charge on any atom is 0.310 e. The number of thiocarbonyl (C=S) groups is 1. The molecule has 2 atom stereocenters. The van der Waals surface area contributed by atoms with Crippen LogP contribution >= 0.6 is 35.4 Å². The van der Waals surface area contributed by atoms with Gasteiger partial charge in [-0.05, 0) is 56.2 Å². The number of rotatable bonds is 4. The average Bonchev–Trinajstić information content (AvgIpc) is 2.95. The molecular weight excluding hydrogens is 507 g/mol. The second kappa shape index (κ2) is 10.9. The van der Waals surface area contributed by atoms with Gasteiger partial charge in [-0.1, -0.05) is 41.4 Å². The van der Waals surface area contributed by atoms with E-state index in [0.29, 0.717) is 57.4 Å². The van der Waals surface area contributed by atoms with Gasteiger partial charge in [0.2, 0.25) is 6.17 Å². The van der Waals surface area contributed by atoms with Gasteiger partial charge in [-0.3, -0.25) is 9.59 Å². The molecule has 2 aromatic rings. The first-order valence-electron chi connectivity index (χ1n) is 11.4. The van der Waals surface area contributed by atoms with E-state index in [1.807, 2.05) is 23.1 Å². The number of hydrogen-bond donors (Lipinski definition) is 1. The quantitative estimate of drug-likeness (QED) is 0.467. The van der Waals surface area contributed by atoms with Gasteiger partial charge in [0.25, 0.3) is 5.91 Å². The molecule has 7 nitrogen and oxygen atoms in total. The number of benzene rings is 2. The van der Waals surface area contributed by atoms with E-state index in [2.05, 4.69) is 5.32 Å². The first-order chi connectivity index (χ1) is 16.8. The number of anilines is 1. The Labute approximate surface area is 220 Å². The third-order valence-electron chi connectivity index (χ3n) is 6.12. The topological polar surface area (TPSA) is 74.2 Å². The maximum absolute atomic E-state index is 13.5. The molecule has 0 radical (unpaired) electrons. The van der Waals surface area contributed by atoms with Crippen molar-refractivity contribution in [3.8, 4) is 0 Å². The van der Waals surface area contributed by atoms with E-state index in [9.17, 15) is 9.59 Å². The lowest BCUT2D eigenvalue weighted by Gasteiger charge is -2.34. The van der Waals surface area contributed by atoms with Crippen LogP contribution in [0.5, 0.6) is 0 Å². The number of hydrogen-bond acceptors (Lipinski definition) is 5. The summed E-state index contributed by atoms with van der Waals surface area (Å²) in [5.74, 6) is -0.766. The van der Waals surface area contributed by atoms with Gasteiger partial charge in [0.15, 0.2) is 5.11 Å². The number of amides is 1. The molecular formula is C25H26Cl2N4O3S. The highest BCUT2D eigenvalue weighted by Gasteiger charge is 2.33. The van der Waals surface area contributed by atoms with Crippen molar-refractivity contribution in [1.82, 2.24) is 10.2 Å². The third kappa shape index (κ3) is 5.44. The zero-order chi connectivity index (χ0) is 25.1. The fraction of sp³-hybridized carbons (Fsp3) is 0.360. The molecule has 0 aliphatic carbocycles. The van der Waals surface area contributed by atoms with Gasteiger partial charge < -0.3 is 19.9 Å². The van der Waals surface area contributed by atoms with Crippen molar-refractivity contribution in [3.63, 3.8) is 0 Å². The maximum atomic E-state index is 13.5. The first-order valence-corrected chi connectivity index (χ1v) is 12.6. The number of fused-ring (bicyclic) bond motifs is 1. The predicted molar refractivity (Wildman–Crippen MR) is 142 cm³/mol. The Morgan fingerprint density at radius 3 is 2.74 bits per heavy atom. The fourth-order valence-corrected chi connectivity index (χ4v) is 5.01. The van der Waals surface area contributed by atoms with Crippen LogP contribution in [0, 0.1) is 5.92 Å². The van der Waals surface area contributed by atoms with Crippen LogP contribution in [0.4, 0.5) is 5.69 Å². The average molecular weight is 533 g/mol. The molecule has 2 heterocycles. The molecule has 4 rings (SSSR count).